The number of benzene rings is 1. The van der Waals surface area contributed by atoms with Gasteiger partial charge in [-0.1, -0.05) is 6.07 Å². The fraction of sp³-hybridized carbons (Fsp3) is 0.333. The van der Waals surface area contributed by atoms with Gasteiger partial charge in [0.2, 0.25) is 15.9 Å². The highest BCUT2D eigenvalue weighted by Crippen LogP contribution is 2.31. The second-order valence-corrected chi connectivity index (χ2v) is 6.49. The number of nitrogens with two attached hydrogens (primary N) is 2. The van der Waals surface area contributed by atoms with Gasteiger partial charge in [0.05, 0.1) is 24.0 Å². The summed E-state index contributed by atoms with van der Waals surface area (Å²) in [4.78, 5) is 24.8. The predicted octanol–water partition coefficient (Wildman–Crippen LogP) is -0.551. The van der Waals surface area contributed by atoms with Gasteiger partial charge in [0.15, 0.2) is 0 Å². The molecule has 0 aliphatic carbocycles. The van der Waals surface area contributed by atoms with Crippen molar-refractivity contribution in [2.45, 2.75) is 11.7 Å². The summed E-state index contributed by atoms with van der Waals surface area (Å²) in [5, 5.41) is 4.09. The van der Waals surface area contributed by atoms with E-state index in [1.165, 1.54) is 30.2 Å². The largest absolute Gasteiger partial charge is 0.465 e. The van der Waals surface area contributed by atoms with Gasteiger partial charge in [-0.15, -0.1) is 0 Å². The molecule has 2 rings (SSSR count). The zero-order chi connectivity index (χ0) is 15.8. The summed E-state index contributed by atoms with van der Waals surface area (Å²) in [6.45, 7) is -0.0908. The molecule has 1 atom stereocenters. The van der Waals surface area contributed by atoms with E-state index in [0.717, 1.165) is 0 Å². The molecule has 21 heavy (non-hydrogen) atoms. The summed E-state index contributed by atoms with van der Waals surface area (Å²) in [6, 6.07) is 4.53. The maximum atomic E-state index is 12.0. The SMILES string of the molecule is COC(=O)c1cccc(N2CC(S(N)(=O)=O)CC2=O)c1N. The average molecular weight is 313 g/mol. The van der Waals surface area contributed by atoms with E-state index in [-0.39, 0.29) is 29.9 Å². The number of hydrogen-bond donors (Lipinski definition) is 2. The van der Waals surface area contributed by atoms with Crippen LogP contribution < -0.4 is 15.8 Å². The quantitative estimate of drug-likeness (QED) is 0.568. The van der Waals surface area contributed by atoms with Crippen molar-refractivity contribution in [1.82, 2.24) is 0 Å². The molecule has 0 bridgehead atoms. The van der Waals surface area contributed by atoms with Crippen LogP contribution in [0.2, 0.25) is 0 Å². The molecular weight excluding hydrogens is 298 g/mol. The molecular formula is C12H15N3O5S. The summed E-state index contributed by atoms with van der Waals surface area (Å²) in [7, 11) is -2.60. The number of amides is 1. The standard InChI is InChI=1S/C12H15N3O5S/c1-20-12(17)8-3-2-4-9(11(8)13)15-6-7(5-10(15)16)21(14,18)19/h2-4,7H,5-6,13H2,1H3,(H2,14,18,19). The number of carbonyl (C=O) groups excluding carboxylic acids is 2. The van der Waals surface area contributed by atoms with Crippen LogP contribution in [0.15, 0.2) is 18.2 Å². The van der Waals surface area contributed by atoms with Crippen molar-refractivity contribution in [3.05, 3.63) is 23.8 Å². The van der Waals surface area contributed by atoms with Crippen molar-refractivity contribution in [2.75, 3.05) is 24.3 Å². The number of methoxy groups -OCH3 is 1. The number of carbonyl (C=O) groups is 2. The Labute approximate surface area is 121 Å². The van der Waals surface area contributed by atoms with Gasteiger partial charge in [-0.05, 0) is 12.1 Å². The zero-order valence-corrected chi connectivity index (χ0v) is 12.1. The Kier molecular flexibility index (Phi) is 3.88. The molecule has 8 nitrogen and oxygen atoms in total. The van der Waals surface area contributed by atoms with Crippen LogP contribution in [0, 0.1) is 0 Å². The van der Waals surface area contributed by atoms with E-state index in [1.807, 2.05) is 0 Å². The number of primary sulfonamides is 1. The smallest absolute Gasteiger partial charge is 0.340 e. The number of sulfonamides is 1. The number of rotatable bonds is 3. The van der Waals surface area contributed by atoms with Crippen molar-refractivity contribution in [2.24, 2.45) is 5.14 Å². The second kappa shape index (κ2) is 5.34. The molecule has 1 aliphatic heterocycles. The van der Waals surface area contributed by atoms with Gasteiger partial charge in [-0.2, -0.15) is 0 Å². The van der Waals surface area contributed by atoms with Crippen molar-refractivity contribution in [1.29, 1.82) is 0 Å². The Morgan fingerprint density at radius 2 is 2.10 bits per heavy atom. The first-order valence-corrected chi connectivity index (χ1v) is 7.65. The molecule has 0 saturated carbocycles. The summed E-state index contributed by atoms with van der Waals surface area (Å²) < 4.78 is 27.3. The average Bonchev–Trinajstić information content (AvgIpc) is 2.80. The fourth-order valence-electron chi connectivity index (χ4n) is 2.20. The highest BCUT2D eigenvalue weighted by Gasteiger charge is 2.38. The number of hydrogen-bond acceptors (Lipinski definition) is 6. The van der Waals surface area contributed by atoms with Crippen LogP contribution in [0.3, 0.4) is 0 Å². The van der Waals surface area contributed by atoms with Crippen LogP contribution in [-0.4, -0.2) is 39.2 Å². The van der Waals surface area contributed by atoms with Gasteiger partial charge in [0.1, 0.15) is 5.25 Å². The number of nitrogen functional groups attached to an aromatic ring is 1. The molecule has 9 heteroatoms. The lowest BCUT2D eigenvalue weighted by Crippen LogP contribution is -2.32. The van der Waals surface area contributed by atoms with Gasteiger partial charge in [-0.25, -0.2) is 18.4 Å². The van der Waals surface area contributed by atoms with Crippen molar-refractivity contribution in [3.63, 3.8) is 0 Å². The Balaban J connectivity index is 2.40. The van der Waals surface area contributed by atoms with Gasteiger partial charge in [-0.3, -0.25) is 4.79 Å². The zero-order valence-electron chi connectivity index (χ0n) is 11.3. The molecule has 114 valence electrons. The fourth-order valence-corrected chi connectivity index (χ4v) is 2.94. The first kappa shape index (κ1) is 15.3. The lowest BCUT2D eigenvalue weighted by Gasteiger charge is -2.19. The third-order valence-corrected chi connectivity index (χ3v) is 4.58. The Hall–Kier alpha value is -2.13. The molecule has 0 radical (unpaired) electrons. The van der Waals surface area contributed by atoms with Crippen molar-refractivity contribution in [3.8, 4) is 0 Å². The molecule has 1 aromatic carbocycles. The van der Waals surface area contributed by atoms with E-state index in [1.54, 1.807) is 0 Å². The van der Waals surface area contributed by atoms with Crippen LogP contribution in [0.4, 0.5) is 11.4 Å². The summed E-state index contributed by atoms with van der Waals surface area (Å²) in [5.74, 6) is -1.05. The Morgan fingerprint density at radius 3 is 2.62 bits per heavy atom. The van der Waals surface area contributed by atoms with Gasteiger partial charge < -0.3 is 15.4 Å². The molecule has 1 saturated heterocycles. The van der Waals surface area contributed by atoms with E-state index < -0.39 is 27.1 Å². The monoisotopic (exact) mass is 313 g/mol. The molecule has 0 aromatic heterocycles. The molecule has 4 N–H and O–H groups in total. The van der Waals surface area contributed by atoms with Gasteiger partial charge in [0.25, 0.3) is 0 Å². The first-order valence-electron chi connectivity index (χ1n) is 6.04. The number of para-hydroxylation sites is 1. The highest BCUT2D eigenvalue weighted by atomic mass is 32.2. The number of ether oxygens (including phenoxy) is 1. The molecule has 1 fully saturated rings. The Morgan fingerprint density at radius 1 is 1.43 bits per heavy atom. The molecule has 1 heterocycles. The van der Waals surface area contributed by atoms with E-state index in [9.17, 15) is 18.0 Å². The maximum absolute atomic E-state index is 12.0. The van der Waals surface area contributed by atoms with Crippen molar-refractivity contribution < 1.29 is 22.7 Å². The van der Waals surface area contributed by atoms with Crippen LogP contribution in [-0.2, 0) is 19.6 Å². The van der Waals surface area contributed by atoms with Gasteiger partial charge in [0, 0.05) is 13.0 Å². The summed E-state index contributed by atoms with van der Waals surface area (Å²) >= 11 is 0. The summed E-state index contributed by atoms with van der Waals surface area (Å²) in [5.41, 5.74) is 6.33. The van der Waals surface area contributed by atoms with E-state index >= 15 is 0 Å². The highest BCUT2D eigenvalue weighted by molar-refractivity contribution is 7.89. The third kappa shape index (κ3) is 2.83. The number of anilines is 2. The van der Waals surface area contributed by atoms with Crippen LogP contribution in [0.5, 0.6) is 0 Å². The number of nitrogens with zero attached hydrogens (tertiary/aromatic N) is 1. The maximum Gasteiger partial charge on any atom is 0.340 e. The predicted molar refractivity (Wildman–Crippen MR) is 76.1 cm³/mol. The normalized spacial score (nSPS) is 18.9. The lowest BCUT2D eigenvalue weighted by atomic mass is 10.1. The first-order chi connectivity index (χ1) is 9.75. The molecule has 1 aromatic rings. The van der Waals surface area contributed by atoms with Gasteiger partial charge >= 0.3 is 5.97 Å². The van der Waals surface area contributed by atoms with E-state index in [2.05, 4.69) is 4.74 Å². The number of esters is 1. The molecule has 1 aliphatic rings. The molecule has 1 unspecified atom stereocenters. The molecule has 0 spiro atoms. The summed E-state index contributed by atoms with van der Waals surface area (Å²) in [6.07, 6.45) is -0.208. The second-order valence-electron chi connectivity index (χ2n) is 4.65. The minimum atomic E-state index is -3.82. The van der Waals surface area contributed by atoms with Crippen LogP contribution >= 0.6 is 0 Å². The van der Waals surface area contributed by atoms with Crippen molar-refractivity contribution >= 4 is 33.3 Å². The van der Waals surface area contributed by atoms with E-state index in [0.29, 0.717) is 0 Å². The minimum absolute atomic E-state index is 0.0627. The minimum Gasteiger partial charge on any atom is -0.465 e. The molecule has 1 amide bonds. The van der Waals surface area contributed by atoms with E-state index in [4.69, 9.17) is 10.9 Å². The third-order valence-electron chi connectivity index (χ3n) is 3.33. The Bertz CT molecular complexity index is 701. The van der Waals surface area contributed by atoms with Crippen LogP contribution in [0.25, 0.3) is 0 Å². The van der Waals surface area contributed by atoms with Crippen LogP contribution in [0.1, 0.15) is 16.8 Å². The topological polar surface area (TPSA) is 133 Å². The lowest BCUT2D eigenvalue weighted by molar-refractivity contribution is -0.117.